The van der Waals surface area contributed by atoms with Crippen LogP contribution in [0.4, 0.5) is 10.8 Å². The molecule has 2 aromatic heterocycles. The van der Waals surface area contributed by atoms with Crippen molar-refractivity contribution in [1.82, 2.24) is 19.9 Å². The summed E-state index contributed by atoms with van der Waals surface area (Å²) in [6, 6.07) is 7.56. The smallest absolute Gasteiger partial charge is 0.216 e. The first-order valence-corrected chi connectivity index (χ1v) is 8.00. The number of aromatic amines is 1. The minimum absolute atomic E-state index is 0.353. The van der Waals surface area contributed by atoms with E-state index in [4.69, 9.17) is 28.6 Å². The normalized spacial score (nSPS) is 11.0. The number of benzene rings is 1. The number of nitrogens with one attached hydrogen (secondary N) is 2. The highest BCUT2D eigenvalue weighted by molar-refractivity contribution is 7.71. The molecule has 0 saturated heterocycles. The highest BCUT2D eigenvalue weighted by atomic mass is 35.5. The summed E-state index contributed by atoms with van der Waals surface area (Å²) in [6.07, 6.45) is 3.06. The van der Waals surface area contributed by atoms with E-state index in [-0.39, 0.29) is 0 Å². The minimum Gasteiger partial charge on any atom is -0.495 e. The van der Waals surface area contributed by atoms with Gasteiger partial charge in [-0.05, 0) is 24.4 Å². The number of nitrogens with zero attached hydrogens (tertiary/aromatic N) is 4. The van der Waals surface area contributed by atoms with Crippen molar-refractivity contribution in [1.29, 1.82) is 0 Å². The van der Waals surface area contributed by atoms with Gasteiger partial charge >= 0.3 is 0 Å². The molecule has 1 aromatic carbocycles. The summed E-state index contributed by atoms with van der Waals surface area (Å²) in [6.45, 7) is 0. The lowest BCUT2D eigenvalue weighted by molar-refractivity contribution is 0.417. The fraction of sp³-hybridized carbons (Fsp3) is 0.0769. The summed E-state index contributed by atoms with van der Waals surface area (Å²) >= 11 is 12.5. The number of methoxy groups -OCH3 is 1. The van der Waals surface area contributed by atoms with Crippen molar-refractivity contribution in [2.45, 2.75) is 0 Å². The van der Waals surface area contributed by atoms with Gasteiger partial charge in [0, 0.05) is 0 Å². The molecule has 3 aromatic rings. The number of thiazole rings is 1. The second-order valence-corrected chi connectivity index (χ2v) is 6.03. The summed E-state index contributed by atoms with van der Waals surface area (Å²) < 4.78 is 7.12. The van der Waals surface area contributed by atoms with Gasteiger partial charge in [0.05, 0.1) is 23.9 Å². The van der Waals surface area contributed by atoms with Gasteiger partial charge in [-0.25, -0.2) is 4.98 Å². The van der Waals surface area contributed by atoms with Gasteiger partial charge in [0.25, 0.3) is 0 Å². The van der Waals surface area contributed by atoms with Crippen LogP contribution in [-0.4, -0.2) is 33.2 Å². The second kappa shape index (κ2) is 6.90. The molecular formula is C13H11ClN6OS2. The SMILES string of the molecule is COc1ccccc1Nc1nc(Cl)c(/C=N/n2cn[nH]c2=S)s1. The van der Waals surface area contributed by atoms with Gasteiger partial charge < -0.3 is 10.1 Å². The fourth-order valence-electron chi connectivity index (χ4n) is 1.75. The molecule has 0 amide bonds. The lowest BCUT2D eigenvalue weighted by Crippen LogP contribution is -1.93. The van der Waals surface area contributed by atoms with E-state index < -0.39 is 0 Å². The third-order valence-electron chi connectivity index (χ3n) is 2.79. The quantitative estimate of drug-likeness (QED) is 0.531. The van der Waals surface area contributed by atoms with Gasteiger partial charge in [-0.1, -0.05) is 35.1 Å². The van der Waals surface area contributed by atoms with Crippen LogP contribution in [-0.2, 0) is 0 Å². The third-order valence-corrected chi connectivity index (χ3v) is 4.38. The second-order valence-electron chi connectivity index (χ2n) is 4.25. The molecule has 0 atom stereocenters. The molecule has 0 unspecified atom stereocenters. The Labute approximate surface area is 145 Å². The van der Waals surface area contributed by atoms with E-state index >= 15 is 0 Å². The molecule has 0 fully saturated rings. The van der Waals surface area contributed by atoms with Gasteiger partial charge in [0.15, 0.2) is 10.3 Å². The highest BCUT2D eigenvalue weighted by Gasteiger charge is 2.10. The van der Waals surface area contributed by atoms with Crippen LogP contribution in [0.5, 0.6) is 5.75 Å². The number of anilines is 2. The van der Waals surface area contributed by atoms with Crippen molar-refractivity contribution < 1.29 is 4.74 Å². The number of halogens is 1. The zero-order valence-electron chi connectivity index (χ0n) is 11.9. The van der Waals surface area contributed by atoms with Crippen LogP contribution in [0.1, 0.15) is 4.88 Å². The molecule has 2 heterocycles. The largest absolute Gasteiger partial charge is 0.495 e. The number of H-pyrrole nitrogens is 1. The van der Waals surface area contributed by atoms with E-state index in [0.717, 1.165) is 11.4 Å². The maximum atomic E-state index is 6.14. The third kappa shape index (κ3) is 3.58. The average Bonchev–Trinajstić information content (AvgIpc) is 3.11. The summed E-state index contributed by atoms with van der Waals surface area (Å²) in [5.41, 5.74) is 0.806. The van der Waals surface area contributed by atoms with Gasteiger partial charge in [0.2, 0.25) is 4.77 Å². The maximum Gasteiger partial charge on any atom is 0.216 e. The molecule has 0 radical (unpaired) electrons. The van der Waals surface area contributed by atoms with E-state index in [2.05, 4.69) is 25.6 Å². The maximum absolute atomic E-state index is 6.14. The van der Waals surface area contributed by atoms with Crippen LogP contribution >= 0.6 is 35.2 Å². The molecule has 0 aliphatic heterocycles. The topological polar surface area (TPSA) is 80.1 Å². The lowest BCUT2D eigenvalue weighted by atomic mass is 10.3. The molecule has 0 bridgehead atoms. The monoisotopic (exact) mass is 366 g/mol. The Morgan fingerprint density at radius 1 is 1.48 bits per heavy atom. The predicted octanol–water partition coefficient (Wildman–Crippen LogP) is 3.68. The molecular weight excluding hydrogens is 356 g/mol. The van der Waals surface area contributed by atoms with Crippen LogP contribution in [0.3, 0.4) is 0 Å². The van der Waals surface area contributed by atoms with Gasteiger partial charge in [-0.15, -0.1) is 0 Å². The van der Waals surface area contributed by atoms with Crippen LogP contribution in [0.25, 0.3) is 0 Å². The number of aromatic nitrogens is 4. The number of rotatable bonds is 5. The first-order valence-electron chi connectivity index (χ1n) is 6.40. The van der Waals surface area contributed by atoms with Crippen molar-refractivity contribution in [3.05, 3.63) is 45.4 Å². The first kappa shape index (κ1) is 15.7. The number of hydrogen-bond donors (Lipinski definition) is 2. The van der Waals surface area contributed by atoms with Gasteiger partial charge in [0.1, 0.15) is 12.1 Å². The molecule has 118 valence electrons. The Balaban J connectivity index is 1.82. The van der Waals surface area contributed by atoms with Crippen LogP contribution in [0.2, 0.25) is 5.15 Å². The standard InChI is InChI=1S/C13H11ClN6OS2/c1-21-9-5-3-2-4-8(9)17-12-18-11(14)10(23-12)6-16-20-7-15-19-13(20)22/h2-7H,1H3,(H,17,18)(H,19,22)/b16-6+. The Bertz CT molecular complexity index is 900. The molecule has 10 heteroatoms. The zero-order chi connectivity index (χ0) is 16.2. The average molecular weight is 367 g/mol. The molecule has 0 aliphatic carbocycles. The number of para-hydroxylation sites is 2. The highest BCUT2D eigenvalue weighted by Crippen LogP contribution is 2.31. The minimum atomic E-state index is 0.353. The first-order chi connectivity index (χ1) is 11.2. The van der Waals surface area contributed by atoms with Gasteiger partial charge in [-0.3, -0.25) is 5.10 Å². The number of ether oxygens (including phenoxy) is 1. The Morgan fingerprint density at radius 3 is 3.04 bits per heavy atom. The van der Waals surface area contributed by atoms with E-state index in [1.807, 2.05) is 24.3 Å². The van der Waals surface area contributed by atoms with E-state index in [1.165, 1.54) is 22.3 Å². The molecule has 3 rings (SSSR count). The number of hydrogen-bond acceptors (Lipinski definition) is 7. The van der Waals surface area contributed by atoms with E-state index in [0.29, 0.717) is 19.9 Å². The Morgan fingerprint density at radius 2 is 2.30 bits per heavy atom. The van der Waals surface area contributed by atoms with Crippen molar-refractivity contribution in [2.75, 3.05) is 12.4 Å². The van der Waals surface area contributed by atoms with Crippen molar-refractivity contribution in [2.24, 2.45) is 5.10 Å². The Kier molecular flexibility index (Phi) is 4.70. The molecule has 23 heavy (non-hydrogen) atoms. The predicted molar refractivity (Wildman–Crippen MR) is 93.8 cm³/mol. The molecule has 0 saturated carbocycles. The fourth-order valence-corrected chi connectivity index (χ4v) is 2.93. The Hall–Kier alpha value is -2.23. The van der Waals surface area contributed by atoms with Crippen molar-refractivity contribution in [3.63, 3.8) is 0 Å². The van der Waals surface area contributed by atoms with Crippen molar-refractivity contribution >= 4 is 52.2 Å². The summed E-state index contributed by atoms with van der Waals surface area (Å²) in [4.78, 5) is 4.97. The van der Waals surface area contributed by atoms with E-state index in [1.54, 1.807) is 13.3 Å². The summed E-state index contributed by atoms with van der Waals surface area (Å²) in [5, 5.41) is 14.7. The lowest BCUT2D eigenvalue weighted by Gasteiger charge is -2.07. The molecule has 0 aliphatic rings. The summed E-state index contributed by atoms with van der Waals surface area (Å²) in [7, 11) is 1.61. The van der Waals surface area contributed by atoms with Crippen LogP contribution < -0.4 is 10.1 Å². The zero-order valence-corrected chi connectivity index (χ0v) is 14.2. The van der Waals surface area contributed by atoms with Crippen molar-refractivity contribution in [3.8, 4) is 5.75 Å². The van der Waals surface area contributed by atoms with E-state index in [9.17, 15) is 0 Å². The van der Waals surface area contributed by atoms with Crippen LogP contribution in [0.15, 0.2) is 35.7 Å². The molecule has 2 N–H and O–H groups in total. The van der Waals surface area contributed by atoms with Crippen LogP contribution in [0, 0.1) is 4.77 Å². The molecule has 7 nitrogen and oxygen atoms in total. The van der Waals surface area contributed by atoms with Gasteiger partial charge in [-0.2, -0.15) is 14.9 Å². The molecule has 0 spiro atoms. The summed E-state index contributed by atoms with van der Waals surface area (Å²) in [5.74, 6) is 0.721.